The number of methoxy groups -OCH3 is 2. The van der Waals surface area contributed by atoms with Gasteiger partial charge in [-0.25, -0.2) is 0 Å². The Morgan fingerprint density at radius 1 is 0.805 bits per heavy atom. The van der Waals surface area contributed by atoms with E-state index in [2.05, 4.69) is 5.32 Å². The van der Waals surface area contributed by atoms with Crippen LogP contribution in [-0.4, -0.2) is 43.6 Å². The number of carbonyl (C=O) groups is 2. The Hall–Kier alpha value is -4.98. The molecule has 4 aromatic rings. The second-order valence-electron chi connectivity index (χ2n) is 9.56. The zero-order valence-electron chi connectivity index (χ0n) is 23.0. The number of para-hydroxylation sites is 2. The molecular formula is C33H32N2O6. The Kier molecular flexibility index (Phi) is 8.69. The standard InChI is InChI=1S/C33H32N2O6/c1-38-26-16-12-23(13-17-26)20-34-32(36)31(25-14-18-27(39-2)19-15-25)35(21-24-8-4-3-5-9-24)33(37)30-22-40-28-10-6-7-11-29(28)41-30/h3-19,30-31H,20-22H2,1-2H3,(H,34,36)/t30-,31+/m0/s1. The van der Waals surface area contributed by atoms with Crippen LogP contribution in [-0.2, 0) is 22.7 Å². The van der Waals surface area contributed by atoms with Crippen LogP contribution in [0.2, 0.25) is 0 Å². The van der Waals surface area contributed by atoms with Gasteiger partial charge < -0.3 is 29.2 Å². The molecule has 0 fully saturated rings. The SMILES string of the molecule is COc1ccc(CNC(=O)[C@@H](c2ccc(OC)cc2)N(Cc2ccccc2)C(=O)[C@@H]2COc3ccccc3O2)cc1. The van der Waals surface area contributed by atoms with Gasteiger partial charge in [0.2, 0.25) is 12.0 Å². The number of rotatable bonds is 10. The summed E-state index contributed by atoms with van der Waals surface area (Å²) in [7, 11) is 3.19. The van der Waals surface area contributed by atoms with Crippen molar-refractivity contribution in [2.45, 2.75) is 25.2 Å². The molecule has 0 aromatic heterocycles. The van der Waals surface area contributed by atoms with E-state index in [0.29, 0.717) is 22.8 Å². The lowest BCUT2D eigenvalue weighted by atomic mass is 10.0. The Morgan fingerprint density at radius 2 is 1.41 bits per heavy atom. The lowest BCUT2D eigenvalue weighted by Gasteiger charge is -2.35. The number of ether oxygens (including phenoxy) is 4. The van der Waals surface area contributed by atoms with Crippen LogP contribution in [0.5, 0.6) is 23.0 Å². The van der Waals surface area contributed by atoms with Crippen molar-refractivity contribution in [1.82, 2.24) is 10.2 Å². The second-order valence-corrected chi connectivity index (χ2v) is 9.56. The number of amides is 2. The number of nitrogens with one attached hydrogen (secondary N) is 1. The molecule has 2 amide bonds. The molecule has 1 aliphatic rings. The van der Waals surface area contributed by atoms with E-state index < -0.39 is 12.1 Å². The minimum atomic E-state index is -0.951. The van der Waals surface area contributed by atoms with Crippen molar-refractivity contribution in [3.63, 3.8) is 0 Å². The van der Waals surface area contributed by atoms with Gasteiger partial charge in [0.25, 0.3) is 5.91 Å². The predicted molar refractivity (Wildman–Crippen MR) is 154 cm³/mol. The second kappa shape index (κ2) is 12.9. The van der Waals surface area contributed by atoms with E-state index in [1.165, 1.54) is 0 Å². The Balaban J connectivity index is 1.48. The van der Waals surface area contributed by atoms with Gasteiger partial charge in [-0.05, 0) is 53.1 Å². The summed E-state index contributed by atoms with van der Waals surface area (Å²) in [5.41, 5.74) is 2.41. The van der Waals surface area contributed by atoms with Crippen molar-refractivity contribution < 1.29 is 28.5 Å². The zero-order valence-corrected chi connectivity index (χ0v) is 23.0. The third kappa shape index (κ3) is 6.61. The molecule has 0 bridgehead atoms. The van der Waals surface area contributed by atoms with Gasteiger partial charge in [-0.2, -0.15) is 0 Å². The number of carbonyl (C=O) groups excluding carboxylic acids is 2. The summed E-state index contributed by atoms with van der Waals surface area (Å²) in [6.07, 6.45) is -0.927. The zero-order chi connectivity index (χ0) is 28.6. The van der Waals surface area contributed by atoms with Crippen LogP contribution >= 0.6 is 0 Å². The van der Waals surface area contributed by atoms with Gasteiger partial charge in [0.1, 0.15) is 24.1 Å². The quantitative estimate of drug-likeness (QED) is 0.300. The van der Waals surface area contributed by atoms with Gasteiger partial charge in [0.15, 0.2) is 11.5 Å². The highest BCUT2D eigenvalue weighted by Crippen LogP contribution is 2.33. The molecule has 0 saturated carbocycles. The molecule has 5 rings (SSSR count). The van der Waals surface area contributed by atoms with Crippen LogP contribution in [0.15, 0.2) is 103 Å². The minimum absolute atomic E-state index is 0.0317. The molecule has 1 N–H and O–H groups in total. The van der Waals surface area contributed by atoms with Gasteiger partial charge in [-0.15, -0.1) is 0 Å². The molecule has 1 heterocycles. The van der Waals surface area contributed by atoms with E-state index in [9.17, 15) is 9.59 Å². The van der Waals surface area contributed by atoms with Crippen molar-refractivity contribution in [2.24, 2.45) is 0 Å². The maximum Gasteiger partial charge on any atom is 0.268 e. The molecule has 0 aliphatic carbocycles. The first-order valence-electron chi connectivity index (χ1n) is 13.3. The normalized spacial score (nSPS) is 14.4. The summed E-state index contributed by atoms with van der Waals surface area (Å²) in [4.78, 5) is 29.7. The van der Waals surface area contributed by atoms with Crippen LogP contribution < -0.4 is 24.3 Å². The van der Waals surface area contributed by atoms with Crippen molar-refractivity contribution >= 4 is 11.8 Å². The summed E-state index contributed by atoms with van der Waals surface area (Å²) in [5, 5.41) is 3.03. The number of hydrogen-bond acceptors (Lipinski definition) is 6. The van der Waals surface area contributed by atoms with E-state index in [1.807, 2.05) is 66.7 Å². The van der Waals surface area contributed by atoms with Crippen molar-refractivity contribution in [3.8, 4) is 23.0 Å². The fourth-order valence-electron chi connectivity index (χ4n) is 4.69. The van der Waals surface area contributed by atoms with Crippen molar-refractivity contribution in [2.75, 3.05) is 20.8 Å². The van der Waals surface area contributed by atoms with Crippen LogP contribution in [0.1, 0.15) is 22.7 Å². The molecule has 0 radical (unpaired) electrons. The maximum atomic E-state index is 14.2. The number of benzene rings is 4. The molecule has 4 aromatic carbocycles. The monoisotopic (exact) mass is 552 g/mol. The van der Waals surface area contributed by atoms with Gasteiger partial charge in [-0.3, -0.25) is 9.59 Å². The first kappa shape index (κ1) is 27.6. The van der Waals surface area contributed by atoms with Crippen molar-refractivity contribution in [1.29, 1.82) is 0 Å². The number of fused-ring (bicyclic) bond motifs is 1. The summed E-state index contributed by atoms with van der Waals surface area (Å²) in [6, 6.07) is 30.5. The first-order valence-corrected chi connectivity index (χ1v) is 13.3. The summed E-state index contributed by atoms with van der Waals surface area (Å²) in [5.74, 6) is 1.76. The van der Waals surface area contributed by atoms with Gasteiger partial charge in [0.05, 0.1) is 14.2 Å². The largest absolute Gasteiger partial charge is 0.497 e. The highest BCUT2D eigenvalue weighted by atomic mass is 16.6. The van der Waals surface area contributed by atoms with Crippen LogP contribution in [0.4, 0.5) is 0 Å². The molecule has 0 spiro atoms. The highest BCUT2D eigenvalue weighted by molar-refractivity contribution is 5.90. The summed E-state index contributed by atoms with van der Waals surface area (Å²) in [6.45, 7) is 0.497. The third-order valence-electron chi connectivity index (χ3n) is 6.88. The molecule has 8 nitrogen and oxygen atoms in total. The van der Waals surface area contributed by atoms with E-state index in [0.717, 1.165) is 16.9 Å². The Bertz CT molecular complexity index is 1460. The van der Waals surface area contributed by atoms with E-state index >= 15 is 0 Å². The van der Waals surface area contributed by atoms with E-state index in [-0.39, 0.29) is 31.5 Å². The molecule has 2 atom stereocenters. The predicted octanol–water partition coefficient (Wildman–Crippen LogP) is 4.93. The van der Waals surface area contributed by atoms with Gasteiger partial charge in [0, 0.05) is 13.1 Å². The van der Waals surface area contributed by atoms with E-state index in [4.69, 9.17) is 18.9 Å². The fraction of sp³-hybridized carbons (Fsp3) is 0.212. The van der Waals surface area contributed by atoms with Crippen molar-refractivity contribution in [3.05, 3.63) is 120 Å². The van der Waals surface area contributed by atoms with Gasteiger partial charge in [-0.1, -0.05) is 66.7 Å². The van der Waals surface area contributed by atoms with Crippen LogP contribution in [0.25, 0.3) is 0 Å². The molecule has 1 aliphatic heterocycles. The molecule has 0 unspecified atom stereocenters. The molecule has 8 heteroatoms. The topological polar surface area (TPSA) is 86.3 Å². The smallest absolute Gasteiger partial charge is 0.268 e. The number of hydrogen-bond donors (Lipinski definition) is 1. The van der Waals surface area contributed by atoms with Crippen LogP contribution in [0.3, 0.4) is 0 Å². The lowest BCUT2D eigenvalue weighted by molar-refractivity contribution is -0.149. The maximum absolute atomic E-state index is 14.2. The highest BCUT2D eigenvalue weighted by Gasteiger charge is 2.38. The Labute approximate surface area is 239 Å². The van der Waals surface area contributed by atoms with Crippen LogP contribution in [0, 0.1) is 0 Å². The van der Waals surface area contributed by atoms with E-state index in [1.54, 1.807) is 55.5 Å². The number of nitrogens with zero attached hydrogens (tertiary/aromatic N) is 1. The third-order valence-corrected chi connectivity index (χ3v) is 6.88. The molecular weight excluding hydrogens is 520 g/mol. The minimum Gasteiger partial charge on any atom is -0.497 e. The average Bonchev–Trinajstić information content (AvgIpc) is 3.04. The average molecular weight is 553 g/mol. The lowest BCUT2D eigenvalue weighted by Crippen LogP contribution is -2.50. The first-order chi connectivity index (χ1) is 20.1. The Morgan fingerprint density at radius 3 is 2.07 bits per heavy atom. The molecule has 41 heavy (non-hydrogen) atoms. The summed E-state index contributed by atoms with van der Waals surface area (Å²) >= 11 is 0. The molecule has 0 saturated heterocycles. The fourth-order valence-corrected chi connectivity index (χ4v) is 4.69. The molecule has 210 valence electrons. The summed E-state index contributed by atoms with van der Waals surface area (Å²) < 4.78 is 22.5. The van der Waals surface area contributed by atoms with Gasteiger partial charge >= 0.3 is 0 Å².